The van der Waals surface area contributed by atoms with Crippen LogP contribution in [0.3, 0.4) is 0 Å². The fourth-order valence-electron chi connectivity index (χ4n) is 4.27. The number of ether oxygens (including phenoxy) is 2. The number of hydrogen-bond acceptors (Lipinski definition) is 6. The second kappa shape index (κ2) is 10.9. The third-order valence-electron chi connectivity index (χ3n) is 6.39. The maximum absolute atomic E-state index is 12.8. The number of likely N-dealkylation sites (tertiary alicyclic amines) is 1. The summed E-state index contributed by atoms with van der Waals surface area (Å²) >= 11 is 0. The van der Waals surface area contributed by atoms with Crippen LogP contribution in [0.25, 0.3) is 0 Å². The number of aromatic nitrogens is 1. The van der Waals surface area contributed by atoms with Gasteiger partial charge in [0, 0.05) is 38.2 Å². The van der Waals surface area contributed by atoms with E-state index in [-0.39, 0.29) is 47.2 Å². The van der Waals surface area contributed by atoms with Gasteiger partial charge in [0.2, 0.25) is 5.91 Å². The average molecular weight is 504 g/mol. The second-order valence-electron chi connectivity index (χ2n) is 9.04. The van der Waals surface area contributed by atoms with Crippen molar-refractivity contribution in [2.45, 2.75) is 44.8 Å². The van der Waals surface area contributed by atoms with Crippen LogP contribution in [0.15, 0.2) is 36.5 Å². The third-order valence-corrected chi connectivity index (χ3v) is 6.39. The fourth-order valence-corrected chi connectivity index (χ4v) is 4.27. The molecule has 2 aliphatic rings. The van der Waals surface area contributed by atoms with Crippen LogP contribution in [0.1, 0.15) is 58.5 Å². The van der Waals surface area contributed by atoms with E-state index in [4.69, 9.17) is 9.84 Å². The number of carboxylic acid groups (broad SMARTS) is 1. The molecule has 9 nitrogen and oxygen atoms in total. The zero-order valence-electron chi connectivity index (χ0n) is 19.7. The first kappa shape index (κ1) is 25.3. The maximum Gasteiger partial charge on any atom is 0.387 e. The highest BCUT2D eigenvalue weighted by Crippen LogP contribution is 2.38. The molecular formula is C25H27F2N3O6. The molecule has 192 valence electrons. The number of nitrogens with one attached hydrogen (secondary N) is 1. The summed E-state index contributed by atoms with van der Waals surface area (Å²) in [5, 5.41) is 11.7. The molecule has 1 unspecified atom stereocenters. The lowest BCUT2D eigenvalue weighted by molar-refractivity contribution is -0.129. The van der Waals surface area contributed by atoms with E-state index in [2.05, 4.69) is 15.0 Å². The van der Waals surface area contributed by atoms with Crippen molar-refractivity contribution in [1.82, 2.24) is 15.2 Å². The first-order chi connectivity index (χ1) is 17.2. The Bertz CT molecular complexity index is 1120. The second-order valence-corrected chi connectivity index (χ2v) is 9.04. The molecule has 1 aromatic carbocycles. The molecule has 1 aromatic heterocycles. The molecule has 1 saturated heterocycles. The van der Waals surface area contributed by atoms with Gasteiger partial charge in [-0.15, -0.1) is 0 Å². The minimum Gasteiger partial charge on any atom is -0.489 e. The Morgan fingerprint density at radius 3 is 2.58 bits per heavy atom. The smallest absolute Gasteiger partial charge is 0.387 e. The summed E-state index contributed by atoms with van der Waals surface area (Å²) in [6.07, 6.45) is 3.75. The highest BCUT2D eigenvalue weighted by atomic mass is 19.3. The summed E-state index contributed by atoms with van der Waals surface area (Å²) in [5.41, 5.74) is 0.864. The summed E-state index contributed by atoms with van der Waals surface area (Å²) in [7, 11) is 0. The van der Waals surface area contributed by atoms with Gasteiger partial charge in [0.25, 0.3) is 5.91 Å². The van der Waals surface area contributed by atoms with Crippen molar-refractivity contribution in [2.24, 2.45) is 5.92 Å². The molecule has 2 fully saturated rings. The summed E-state index contributed by atoms with van der Waals surface area (Å²) in [5.74, 6) is -1.21. The normalized spacial score (nSPS) is 19.3. The number of benzene rings is 1. The van der Waals surface area contributed by atoms with Crippen LogP contribution in [0.2, 0.25) is 0 Å². The predicted molar refractivity (Wildman–Crippen MR) is 123 cm³/mol. The van der Waals surface area contributed by atoms with Gasteiger partial charge in [0.1, 0.15) is 5.69 Å². The van der Waals surface area contributed by atoms with Crippen molar-refractivity contribution < 1.29 is 37.7 Å². The molecule has 0 spiro atoms. The van der Waals surface area contributed by atoms with Crippen molar-refractivity contribution in [2.75, 3.05) is 19.7 Å². The molecule has 1 aliphatic heterocycles. The number of alkyl halides is 2. The summed E-state index contributed by atoms with van der Waals surface area (Å²) < 4.78 is 36.1. The van der Waals surface area contributed by atoms with Gasteiger partial charge >= 0.3 is 12.6 Å². The molecule has 11 heteroatoms. The Labute approximate surface area is 206 Å². The van der Waals surface area contributed by atoms with E-state index in [1.807, 2.05) is 0 Å². The van der Waals surface area contributed by atoms with Gasteiger partial charge in [-0.1, -0.05) is 6.07 Å². The molecule has 2 atom stereocenters. The SMILES string of the molecule is CC(=O)N1CC(c2ccc(OC(F)F)c(OCC3CC3)c2)C[C@@H]1CNC(=O)c1ccc(C(=O)O)cn1. The number of hydrogen-bond donors (Lipinski definition) is 2. The first-order valence-corrected chi connectivity index (χ1v) is 11.7. The third kappa shape index (κ3) is 6.27. The van der Waals surface area contributed by atoms with Crippen LogP contribution in [-0.4, -0.2) is 65.1 Å². The number of aromatic carboxylic acids is 1. The van der Waals surface area contributed by atoms with Crippen molar-refractivity contribution in [1.29, 1.82) is 0 Å². The molecule has 4 rings (SSSR count). The fraction of sp³-hybridized carbons (Fsp3) is 0.440. The number of amides is 2. The van der Waals surface area contributed by atoms with Crippen molar-refractivity contribution in [3.05, 3.63) is 53.3 Å². The Kier molecular flexibility index (Phi) is 7.66. The molecule has 2 aromatic rings. The van der Waals surface area contributed by atoms with Crippen molar-refractivity contribution in [3.63, 3.8) is 0 Å². The molecule has 36 heavy (non-hydrogen) atoms. The number of rotatable bonds is 10. The quantitative estimate of drug-likeness (QED) is 0.511. The minimum atomic E-state index is -2.97. The molecule has 2 N–H and O–H groups in total. The van der Waals surface area contributed by atoms with Gasteiger partial charge in [-0.05, 0) is 55.0 Å². The highest BCUT2D eigenvalue weighted by Gasteiger charge is 2.35. The van der Waals surface area contributed by atoms with Gasteiger partial charge in [0.15, 0.2) is 11.5 Å². The van der Waals surface area contributed by atoms with Crippen LogP contribution in [0, 0.1) is 5.92 Å². The van der Waals surface area contributed by atoms with Crippen LogP contribution in [-0.2, 0) is 4.79 Å². The topological polar surface area (TPSA) is 118 Å². The first-order valence-electron chi connectivity index (χ1n) is 11.7. The van der Waals surface area contributed by atoms with Gasteiger partial charge in [-0.2, -0.15) is 8.78 Å². The lowest BCUT2D eigenvalue weighted by atomic mass is 9.96. The lowest BCUT2D eigenvalue weighted by Gasteiger charge is -2.23. The summed E-state index contributed by atoms with van der Waals surface area (Å²) in [6.45, 7) is -0.508. The number of carbonyl (C=O) groups is 3. The Balaban J connectivity index is 1.43. The Morgan fingerprint density at radius 2 is 1.97 bits per heavy atom. The molecule has 2 heterocycles. The number of pyridine rings is 1. The van der Waals surface area contributed by atoms with Gasteiger partial charge < -0.3 is 24.8 Å². The zero-order valence-corrected chi connectivity index (χ0v) is 19.7. The average Bonchev–Trinajstić information content (AvgIpc) is 3.58. The van der Waals surface area contributed by atoms with Crippen molar-refractivity contribution in [3.8, 4) is 11.5 Å². The van der Waals surface area contributed by atoms with E-state index in [0.717, 1.165) is 24.6 Å². The van der Waals surface area contributed by atoms with Gasteiger partial charge in [-0.3, -0.25) is 14.6 Å². The standard InChI is InChI=1S/C25H27F2N3O6/c1-14(31)30-12-18(8-19(30)11-29-23(32)20-6-4-17(10-28-20)24(33)34)16-5-7-21(36-25(26)27)22(9-16)35-13-15-2-3-15/h4-7,9-10,15,18-19,25H,2-3,8,11-13H2,1H3,(H,29,32)(H,33,34)/t18?,19-/m1/s1. The van der Waals surface area contributed by atoms with E-state index in [1.165, 1.54) is 25.1 Å². The largest absolute Gasteiger partial charge is 0.489 e. The van der Waals surface area contributed by atoms with E-state index in [1.54, 1.807) is 17.0 Å². The number of carbonyl (C=O) groups excluding carboxylic acids is 2. The van der Waals surface area contributed by atoms with Crippen LogP contribution < -0.4 is 14.8 Å². The minimum absolute atomic E-state index is 0.0268. The number of halogens is 2. The molecule has 1 aliphatic carbocycles. The lowest BCUT2D eigenvalue weighted by Crippen LogP contribution is -2.42. The van der Waals surface area contributed by atoms with Gasteiger partial charge in [-0.25, -0.2) is 4.79 Å². The molecule has 2 amide bonds. The van der Waals surface area contributed by atoms with Crippen molar-refractivity contribution >= 4 is 17.8 Å². The van der Waals surface area contributed by atoms with E-state index >= 15 is 0 Å². The predicted octanol–water partition coefficient (Wildman–Crippen LogP) is 3.30. The van der Waals surface area contributed by atoms with Crippen LogP contribution in [0.5, 0.6) is 11.5 Å². The highest BCUT2D eigenvalue weighted by molar-refractivity contribution is 5.93. The summed E-state index contributed by atoms with van der Waals surface area (Å²) in [6, 6.07) is 7.18. The van der Waals surface area contributed by atoms with Crippen LogP contribution in [0.4, 0.5) is 8.78 Å². The maximum atomic E-state index is 12.8. The zero-order chi connectivity index (χ0) is 25.8. The monoisotopic (exact) mass is 503 g/mol. The Morgan fingerprint density at radius 1 is 1.19 bits per heavy atom. The number of carboxylic acids is 1. The van der Waals surface area contributed by atoms with E-state index in [0.29, 0.717) is 25.5 Å². The molecule has 0 radical (unpaired) electrons. The summed E-state index contributed by atoms with van der Waals surface area (Å²) in [4.78, 5) is 41.3. The van der Waals surface area contributed by atoms with Gasteiger partial charge in [0.05, 0.1) is 12.2 Å². The molecular weight excluding hydrogens is 476 g/mol. The number of nitrogens with zero attached hydrogens (tertiary/aromatic N) is 2. The molecule has 1 saturated carbocycles. The van der Waals surface area contributed by atoms with Crippen LogP contribution >= 0.6 is 0 Å². The molecule has 0 bridgehead atoms. The van der Waals surface area contributed by atoms with E-state index in [9.17, 15) is 23.2 Å². The van der Waals surface area contributed by atoms with E-state index < -0.39 is 18.5 Å². The Hall–Kier alpha value is -3.76.